The predicted octanol–water partition coefficient (Wildman–Crippen LogP) is 3.39. The van der Waals surface area contributed by atoms with Crippen molar-refractivity contribution < 1.29 is 9.13 Å². The molecule has 0 bridgehead atoms. The van der Waals surface area contributed by atoms with Crippen molar-refractivity contribution in [3.63, 3.8) is 0 Å². The van der Waals surface area contributed by atoms with E-state index in [1.54, 1.807) is 10.9 Å². The summed E-state index contributed by atoms with van der Waals surface area (Å²) in [5.74, 6) is -0.452. The number of halogens is 1. The van der Waals surface area contributed by atoms with Gasteiger partial charge < -0.3 is 4.74 Å². The summed E-state index contributed by atoms with van der Waals surface area (Å²) in [6, 6.07) is 4.06. The van der Waals surface area contributed by atoms with Crippen molar-refractivity contribution in [1.82, 2.24) is 9.78 Å². The van der Waals surface area contributed by atoms with Crippen LogP contribution in [0.2, 0.25) is 0 Å². The highest BCUT2D eigenvalue weighted by Gasteiger charge is 2.08. The molecule has 19 heavy (non-hydrogen) atoms. The highest BCUT2D eigenvalue weighted by molar-refractivity contribution is 5.42. The fraction of sp³-hybridized carbons (Fsp3) is 0.250. The van der Waals surface area contributed by atoms with Gasteiger partial charge in [0.2, 0.25) is 0 Å². The molecule has 2 aromatic rings. The largest absolute Gasteiger partial charge is 0.486 e. The Hall–Kier alpha value is -2.53. The summed E-state index contributed by atoms with van der Waals surface area (Å²) >= 11 is 0. The van der Waals surface area contributed by atoms with E-state index >= 15 is 0 Å². The predicted molar refractivity (Wildman–Crippen MR) is 67.5 cm³/mol. The lowest BCUT2D eigenvalue weighted by atomic mass is 10.2. The fourth-order valence-electron chi connectivity index (χ4n) is 1.56. The summed E-state index contributed by atoms with van der Waals surface area (Å²) in [5.41, 5.74) is 10.3. The molecule has 0 fully saturated rings. The maximum absolute atomic E-state index is 13.7. The Morgan fingerprint density at radius 3 is 2.89 bits per heavy atom. The van der Waals surface area contributed by atoms with Crippen LogP contribution in [-0.2, 0) is 13.7 Å². The molecule has 0 N–H and O–H groups in total. The minimum absolute atomic E-state index is 0.111. The van der Waals surface area contributed by atoms with E-state index in [1.165, 1.54) is 12.1 Å². The number of aromatic nitrogens is 2. The zero-order valence-corrected chi connectivity index (χ0v) is 10.5. The molecule has 0 spiro atoms. The molecule has 0 saturated carbocycles. The van der Waals surface area contributed by atoms with Gasteiger partial charge in [-0.2, -0.15) is 5.10 Å². The molecule has 1 aromatic carbocycles. The molecule has 0 amide bonds. The van der Waals surface area contributed by atoms with Gasteiger partial charge in [-0.05, 0) is 30.7 Å². The van der Waals surface area contributed by atoms with Crippen molar-refractivity contribution in [2.75, 3.05) is 0 Å². The Morgan fingerprint density at radius 2 is 2.32 bits per heavy atom. The number of aryl methyl sites for hydroxylation is 1. The van der Waals surface area contributed by atoms with Gasteiger partial charge in [-0.25, -0.2) is 4.39 Å². The van der Waals surface area contributed by atoms with E-state index in [-0.39, 0.29) is 18.0 Å². The molecule has 0 aliphatic rings. The number of azide groups is 1. The van der Waals surface area contributed by atoms with E-state index < -0.39 is 5.82 Å². The first kappa shape index (κ1) is 12.9. The topological polar surface area (TPSA) is 75.8 Å². The maximum atomic E-state index is 13.7. The molecule has 2 rings (SSSR count). The molecule has 1 heterocycles. The summed E-state index contributed by atoms with van der Waals surface area (Å²) in [6.07, 6.45) is 1.68. The van der Waals surface area contributed by atoms with Crippen molar-refractivity contribution in [1.29, 1.82) is 0 Å². The zero-order valence-electron chi connectivity index (χ0n) is 10.5. The van der Waals surface area contributed by atoms with E-state index in [1.807, 2.05) is 14.0 Å². The van der Waals surface area contributed by atoms with E-state index in [2.05, 4.69) is 15.1 Å². The number of rotatable bonds is 4. The van der Waals surface area contributed by atoms with Gasteiger partial charge in [0.15, 0.2) is 11.6 Å². The molecule has 98 valence electrons. The number of nitrogens with zero attached hydrogens (tertiary/aromatic N) is 5. The smallest absolute Gasteiger partial charge is 0.165 e. The third kappa shape index (κ3) is 2.83. The standard InChI is InChI=1S/C12H12FN5O/c1-8-9(6-15-18(8)2)7-19-12-4-3-10(16-17-14)5-11(12)13/h3-6H,7H2,1-2H3. The SMILES string of the molecule is Cc1c(COc2ccc(N=[N+]=[N-])cc2F)cnn1C. The Balaban J connectivity index is 2.11. The molecule has 0 atom stereocenters. The number of benzene rings is 1. The normalized spacial score (nSPS) is 10.1. The summed E-state index contributed by atoms with van der Waals surface area (Å²) < 4.78 is 20.8. The highest BCUT2D eigenvalue weighted by Crippen LogP contribution is 2.24. The Kier molecular flexibility index (Phi) is 3.68. The molecule has 1 aromatic heterocycles. The first-order valence-electron chi connectivity index (χ1n) is 5.56. The molecule has 0 unspecified atom stereocenters. The monoisotopic (exact) mass is 261 g/mol. The van der Waals surface area contributed by atoms with Crippen molar-refractivity contribution in [2.24, 2.45) is 12.2 Å². The number of ether oxygens (including phenoxy) is 1. The second-order valence-electron chi connectivity index (χ2n) is 3.97. The van der Waals surface area contributed by atoms with E-state index in [9.17, 15) is 4.39 Å². The maximum Gasteiger partial charge on any atom is 0.165 e. The Labute approximate surface area is 109 Å². The summed E-state index contributed by atoms with van der Waals surface area (Å²) in [6.45, 7) is 2.14. The molecular formula is C12H12FN5O. The Morgan fingerprint density at radius 1 is 1.53 bits per heavy atom. The molecule has 0 aliphatic carbocycles. The van der Waals surface area contributed by atoms with Crippen LogP contribution in [-0.4, -0.2) is 9.78 Å². The lowest BCUT2D eigenvalue weighted by Crippen LogP contribution is -1.99. The lowest BCUT2D eigenvalue weighted by molar-refractivity contribution is 0.289. The quantitative estimate of drug-likeness (QED) is 0.480. The first-order chi connectivity index (χ1) is 9.11. The van der Waals surface area contributed by atoms with Gasteiger partial charge in [0.05, 0.1) is 6.20 Å². The van der Waals surface area contributed by atoms with Gasteiger partial charge in [0.25, 0.3) is 0 Å². The molecule has 0 radical (unpaired) electrons. The van der Waals surface area contributed by atoms with Crippen LogP contribution in [0.25, 0.3) is 10.4 Å². The minimum atomic E-state index is -0.563. The van der Waals surface area contributed by atoms with Gasteiger partial charge in [0.1, 0.15) is 6.61 Å². The fourth-order valence-corrected chi connectivity index (χ4v) is 1.56. The minimum Gasteiger partial charge on any atom is -0.486 e. The summed E-state index contributed by atoms with van der Waals surface area (Å²) in [4.78, 5) is 2.59. The van der Waals surface area contributed by atoms with Crippen LogP contribution >= 0.6 is 0 Å². The zero-order chi connectivity index (χ0) is 13.8. The average molecular weight is 261 g/mol. The van der Waals surface area contributed by atoms with E-state index in [4.69, 9.17) is 10.3 Å². The Bertz CT molecular complexity index is 646. The molecular weight excluding hydrogens is 249 g/mol. The van der Waals surface area contributed by atoms with Crippen LogP contribution in [0.3, 0.4) is 0 Å². The van der Waals surface area contributed by atoms with E-state index in [0.717, 1.165) is 17.3 Å². The average Bonchev–Trinajstić information content (AvgIpc) is 2.70. The van der Waals surface area contributed by atoms with Crippen LogP contribution < -0.4 is 4.74 Å². The lowest BCUT2D eigenvalue weighted by Gasteiger charge is -2.07. The number of hydrogen-bond donors (Lipinski definition) is 0. The molecule has 6 nitrogen and oxygen atoms in total. The van der Waals surface area contributed by atoms with Crippen molar-refractivity contribution in [3.05, 3.63) is 51.9 Å². The molecule has 0 aliphatic heterocycles. The van der Waals surface area contributed by atoms with Crippen LogP contribution in [0.15, 0.2) is 29.5 Å². The third-order valence-electron chi connectivity index (χ3n) is 2.80. The van der Waals surface area contributed by atoms with Crippen molar-refractivity contribution in [2.45, 2.75) is 13.5 Å². The summed E-state index contributed by atoms with van der Waals surface area (Å²) in [5, 5.41) is 7.39. The highest BCUT2D eigenvalue weighted by atomic mass is 19.1. The van der Waals surface area contributed by atoms with Crippen LogP contribution in [0, 0.1) is 12.7 Å². The molecule has 0 saturated heterocycles. The third-order valence-corrected chi connectivity index (χ3v) is 2.80. The second-order valence-corrected chi connectivity index (χ2v) is 3.97. The summed E-state index contributed by atoms with van der Waals surface area (Å²) in [7, 11) is 1.83. The van der Waals surface area contributed by atoms with Crippen molar-refractivity contribution in [3.8, 4) is 5.75 Å². The van der Waals surface area contributed by atoms with Gasteiger partial charge in [0, 0.05) is 28.9 Å². The molecule has 7 heteroatoms. The van der Waals surface area contributed by atoms with Gasteiger partial charge in [-0.3, -0.25) is 4.68 Å². The van der Waals surface area contributed by atoms with Gasteiger partial charge in [-0.1, -0.05) is 5.11 Å². The van der Waals surface area contributed by atoms with Gasteiger partial charge >= 0.3 is 0 Å². The second kappa shape index (κ2) is 5.41. The van der Waals surface area contributed by atoms with Crippen molar-refractivity contribution >= 4 is 5.69 Å². The first-order valence-corrected chi connectivity index (χ1v) is 5.56. The number of hydrogen-bond acceptors (Lipinski definition) is 3. The van der Waals surface area contributed by atoms with Crippen LogP contribution in [0.1, 0.15) is 11.3 Å². The van der Waals surface area contributed by atoms with Crippen LogP contribution in [0.5, 0.6) is 5.75 Å². The van der Waals surface area contributed by atoms with Gasteiger partial charge in [-0.15, -0.1) is 0 Å². The van der Waals surface area contributed by atoms with E-state index in [0.29, 0.717) is 0 Å². The van der Waals surface area contributed by atoms with Crippen LogP contribution in [0.4, 0.5) is 10.1 Å².